The summed E-state index contributed by atoms with van der Waals surface area (Å²) >= 11 is 0. The normalized spacial score (nSPS) is 13.9. The van der Waals surface area contributed by atoms with Crippen LogP contribution in [0.5, 0.6) is 11.5 Å². The molecule has 0 N–H and O–H groups in total. The molecule has 8 heteroatoms. The van der Waals surface area contributed by atoms with Gasteiger partial charge in [-0.2, -0.15) is 0 Å². The maximum Gasteiger partial charge on any atom is 0.269 e. The van der Waals surface area contributed by atoms with E-state index in [4.69, 9.17) is 9.47 Å². The minimum atomic E-state index is -0.408. The number of methoxy groups -OCH3 is 2. The topological polar surface area (TPSA) is 85.2 Å². The van der Waals surface area contributed by atoms with E-state index in [1.807, 2.05) is 17.0 Å². The molecule has 28 heavy (non-hydrogen) atoms. The maximum absolute atomic E-state index is 12.6. The van der Waals surface area contributed by atoms with Crippen molar-refractivity contribution in [3.63, 3.8) is 0 Å². The zero-order valence-corrected chi connectivity index (χ0v) is 16.0. The van der Waals surface area contributed by atoms with Gasteiger partial charge < -0.3 is 19.3 Å². The maximum atomic E-state index is 12.6. The molecule has 0 atom stereocenters. The van der Waals surface area contributed by atoms with Gasteiger partial charge in [-0.3, -0.25) is 14.9 Å². The molecule has 1 fully saturated rings. The second-order valence-corrected chi connectivity index (χ2v) is 6.51. The van der Waals surface area contributed by atoms with Crippen molar-refractivity contribution in [2.45, 2.75) is 6.42 Å². The van der Waals surface area contributed by atoms with Crippen molar-refractivity contribution in [1.82, 2.24) is 4.90 Å². The molecule has 0 aromatic heterocycles. The molecule has 1 aliphatic rings. The van der Waals surface area contributed by atoms with E-state index in [-0.39, 0.29) is 11.6 Å². The quantitative estimate of drug-likeness (QED) is 0.561. The van der Waals surface area contributed by atoms with Crippen LogP contribution in [0.2, 0.25) is 0 Å². The molecule has 0 radical (unpaired) electrons. The van der Waals surface area contributed by atoms with E-state index < -0.39 is 4.92 Å². The van der Waals surface area contributed by atoms with E-state index in [1.54, 1.807) is 32.4 Å². The van der Waals surface area contributed by atoms with Gasteiger partial charge in [0.05, 0.1) is 25.6 Å². The van der Waals surface area contributed by atoms with Crippen LogP contribution in [0.3, 0.4) is 0 Å². The monoisotopic (exact) mass is 385 g/mol. The van der Waals surface area contributed by atoms with Crippen molar-refractivity contribution in [3.05, 3.63) is 58.1 Å². The van der Waals surface area contributed by atoms with Gasteiger partial charge in [-0.1, -0.05) is 6.07 Å². The number of benzene rings is 2. The molecule has 1 saturated heterocycles. The van der Waals surface area contributed by atoms with Gasteiger partial charge in [0, 0.05) is 44.0 Å². The predicted molar refractivity (Wildman–Crippen MR) is 105 cm³/mol. The Bertz CT molecular complexity index is 845. The lowest BCUT2D eigenvalue weighted by molar-refractivity contribution is -0.384. The van der Waals surface area contributed by atoms with Gasteiger partial charge in [-0.15, -0.1) is 0 Å². The van der Waals surface area contributed by atoms with Crippen LogP contribution in [0.25, 0.3) is 0 Å². The molecule has 8 nitrogen and oxygen atoms in total. The molecule has 2 aromatic rings. The highest BCUT2D eigenvalue weighted by Crippen LogP contribution is 2.28. The summed E-state index contributed by atoms with van der Waals surface area (Å²) in [6.45, 7) is 2.61. The number of hydrogen-bond acceptors (Lipinski definition) is 6. The van der Waals surface area contributed by atoms with Crippen LogP contribution < -0.4 is 14.4 Å². The van der Waals surface area contributed by atoms with Gasteiger partial charge in [0.1, 0.15) is 0 Å². The molecule has 1 amide bonds. The van der Waals surface area contributed by atoms with Crippen molar-refractivity contribution in [3.8, 4) is 11.5 Å². The predicted octanol–water partition coefficient (Wildman–Crippen LogP) is 2.50. The number of carbonyl (C=O) groups excluding carboxylic acids is 1. The summed E-state index contributed by atoms with van der Waals surface area (Å²) in [6, 6.07) is 12.0. The molecule has 0 unspecified atom stereocenters. The Morgan fingerprint density at radius 2 is 1.64 bits per heavy atom. The first kappa shape index (κ1) is 19.5. The van der Waals surface area contributed by atoms with Crippen LogP contribution in [0.4, 0.5) is 11.4 Å². The van der Waals surface area contributed by atoms with Gasteiger partial charge in [-0.05, 0) is 29.8 Å². The zero-order valence-electron chi connectivity index (χ0n) is 16.0. The molecule has 2 aromatic carbocycles. The summed E-state index contributed by atoms with van der Waals surface area (Å²) in [6.07, 6.45) is 0.303. The lowest BCUT2D eigenvalue weighted by atomic mass is 10.1. The van der Waals surface area contributed by atoms with E-state index >= 15 is 0 Å². The summed E-state index contributed by atoms with van der Waals surface area (Å²) in [7, 11) is 3.15. The Balaban J connectivity index is 1.57. The average Bonchev–Trinajstić information content (AvgIpc) is 2.73. The van der Waals surface area contributed by atoms with Crippen LogP contribution >= 0.6 is 0 Å². The third kappa shape index (κ3) is 4.33. The highest BCUT2D eigenvalue weighted by Gasteiger charge is 2.22. The minimum absolute atomic E-state index is 0.0653. The second-order valence-electron chi connectivity index (χ2n) is 6.51. The highest BCUT2D eigenvalue weighted by atomic mass is 16.6. The average molecular weight is 385 g/mol. The third-order valence-electron chi connectivity index (χ3n) is 4.86. The Morgan fingerprint density at radius 1 is 1.00 bits per heavy atom. The fourth-order valence-electron chi connectivity index (χ4n) is 3.28. The van der Waals surface area contributed by atoms with Crippen LogP contribution in [0.15, 0.2) is 42.5 Å². The van der Waals surface area contributed by atoms with Crippen molar-refractivity contribution in [1.29, 1.82) is 0 Å². The number of nitrogens with zero attached hydrogens (tertiary/aromatic N) is 3. The molecule has 0 saturated carbocycles. The molecule has 1 aliphatic heterocycles. The standard InChI is InChI=1S/C20H23N3O5/c1-27-18-8-3-15(13-19(18)28-2)14-20(24)22-11-9-21(10-12-22)16-4-6-17(7-5-16)23(25)26/h3-8,13H,9-12,14H2,1-2H3. The molecule has 3 rings (SSSR count). The SMILES string of the molecule is COc1ccc(CC(=O)N2CCN(c3ccc([N+](=O)[O-])cc3)CC2)cc1OC. The van der Waals surface area contributed by atoms with E-state index in [9.17, 15) is 14.9 Å². The van der Waals surface area contributed by atoms with Crippen LogP contribution in [-0.4, -0.2) is 56.1 Å². The fourth-order valence-corrected chi connectivity index (χ4v) is 3.28. The van der Waals surface area contributed by atoms with Crippen molar-refractivity contribution in [2.75, 3.05) is 45.3 Å². The fraction of sp³-hybridized carbons (Fsp3) is 0.350. The molecular weight excluding hydrogens is 362 g/mol. The van der Waals surface area contributed by atoms with Crippen molar-refractivity contribution >= 4 is 17.3 Å². The number of carbonyl (C=O) groups is 1. The van der Waals surface area contributed by atoms with Gasteiger partial charge in [-0.25, -0.2) is 0 Å². The molecule has 0 bridgehead atoms. The summed E-state index contributed by atoms with van der Waals surface area (Å²) in [5.41, 5.74) is 1.88. The number of hydrogen-bond donors (Lipinski definition) is 0. The Morgan fingerprint density at radius 3 is 2.21 bits per heavy atom. The molecule has 0 aliphatic carbocycles. The number of nitro benzene ring substituents is 1. The van der Waals surface area contributed by atoms with E-state index in [0.29, 0.717) is 44.1 Å². The summed E-state index contributed by atoms with van der Waals surface area (Å²) < 4.78 is 10.5. The number of amides is 1. The van der Waals surface area contributed by atoms with Gasteiger partial charge in [0.2, 0.25) is 5.91 Å². The third-order valence-corrected chi connectivity index (χ3v) is 4.86. The molecule has 1 heterocycles. The second kappa shape index (κ2) is 8.60. The Hall–Kier alpha value is -3.29. The number of non-ortho nitro benzene ring substituents is 1. The van der Waals surface area contributed by atoms with Crippen molar-refractivity contribution in [2.24, 2.45) is 0 Å². The van der Waals surface area contributed by atoms with E-state index in [0.717, 1.165) is 11.3 Å². The first-order valence-electron chi connectivity index (χ1n) is 9.00. The smallest absolute Gasteiger partial charge is 0.269 e. The van der Waals surface area contributed by atoms with Crippen LogP contribution in [0, 0.1) is 10.1 Å². The van der Waals surface area contributed by atoms with Crippen LogP contribution in [0.1, 0.15) is 5.56 Å². The summed E-state index contributed by atoms with van der Waals surface area (Å²) in [5.74, 6) is 1.31. The molecule has 0 spiro atoms. The van der Waals surface area contributed by atoms with E-state index in [1.165, 1.54) is 12.1 Å². The first-order chi connectivity index (χ1) is 13.5. The minimum Gasteiger partial charge on any atom is -0.493 e. The summed E-state index contributed by atoms with van der Waals surface area (Å²) in [4.78, 5) is 27.0. The number of rotatable bonds is 6. The van der Waals surface area contributed by atoms with E-state index in [2.05, 4.69) is 4.90 Å². The van der Waals surface area contributed by atoms with Gasteiger partial charge >= 0.3 is 0 Å². The lowest BCUT2D eigenvalue weighted by Gasteiger charge is -2.36. The van der Waals surface area contributed by atoms with Crippen molar-refractivity contribution < 1.29 is 19.2 Å². The molecular formula is C20H23N3O5. The Labute approximate surface area is 163 Å². The first-order valence-corrected chi connectivity index (χ1v) is 9.00. The van der Waals surface area contributed by atoms with Gasteiger partial charge in [0.15, 0.2) is 11.5 Å². The number of anilines is 1. The molecule has 148 valence electrons. The zero-order chi connectivity index (χ0) is 20.1. The van der Waals surface area contributed by atoms with Gasteiger partial charge in [0.25, 0.3) is 5.69 Å². The lowest BCUT2D eigenvalue weighted by Crippen LogP contribution is -2.49. The highest BCUT2D eigenvalue weighted by molar-refractivity contribution is 5.79. The number of nitro groups is 1. The Kier molecular flexibility index (Phi) is 5.98. The van der Waals surface area contributed by atoms with Crippen LogP contribution in [-0.2, 0) is 11.2 Å². The number of ether oxygens (including phenoxy) is 2. The largest absolute Gasteiger partial charge is 0.493 e. The number of piperazine rings is 1. The summed E-state index contributed by atoms with van der Waals surface area (Å²) in [5, 5.41) is 10.8.